The Morgan fingerprint density at radius 2 is 1.64 bits per heavy atom. The zero-order valence-corrected chi connectivity index (χ0v) is 20.0. The molecule has 0 radical (unpaired) electrons. The lowest BCUT2D eigenvalue weighted by atomic mass is 10.1. The summed E-state index contributed by atoms with van der Waals surface area (Å²) < 4.78 is 2.29. The largest absolute Gasteiger partial charge is 0.341 e. The lowest BCUT2D eigenvalue weighted by molar-refractivity contribution is -0.116. The topological polar surface area (TPSA) is 63.1 Å². The molecule has 0 spiro atoms. The molecular weight excluding hydrogens is 430 g/mol. The highest BCUT2D eigenvalue weighted by Crippen LogP contribution is 2.32. The number of rotatable bonds is 8. The molecule has 0 saturated heterocycles. The van der Waals surface area contributed by atoms with Crippen LogP contribution in [-0.4, -0.2) is 21.6 Å². The first-order valence-corrected chi connectivity index (χ1v) is 12.3. The molecule has 5 nitrogen and oxygen atoms in total. The summed E-state index contributed by atoms with van der Waals surface area (Å²) in [7, 11) is 0. The number of benzene rings is 3. The smallest absolute Gasteiger partial charge is 0.237 e. The maximum atomic E-state index is 12.9. The summed E-state index contributed by atoms with van der Waals surface area (Å²) in [6, 6.07) is 22.1. The molecule has 2 amide bonds. The lowest BCUT2D eigenvalue weighted by Crippen LogP contribution is -2.22. The molecule has 6 heteroatoms. The minimum atomic E-state index is -0.292. The number of amides is 2. The third-order valence-corrected chi connectivity index (χ3v) is 6.73. The molecule has 4 rings (SSSR count). The van der Waals surface area contributed by atoms with Crippen LogP contribution < -0.4 is 10.6 Å². The molecule has 1 atom stereocenters. The highest BCUT2D eigenvalue weighted by atomic mass is 32.2. The summed E-state index contributed by atoms with van der Waals surface area (Å²) in [4.78, 5) is 25.7. The fourth-order valence-electron chi connectivity index (χ4n) is 4.07. The Balaban J connectivity index is 1.48. The van der Waals surface area contributed by atoms with Crippen LogP contribution in [0, 0.1) is 0 Å². The molecule has 1 heterocycles. The number of para-hydroxylation sites is 1. The first-order valence-electron chi connectivity index (χ1n) is 11.4. The van der Waals surface area contributed by atoms with Gasteiger partial charge in [-0.05, 0) is 62.7 Å². The second-order valence-electron chi connectivity index (χ2n) is 8.07. The maximum Gasteiger partial charge on any atom is 0.237 e. The summed E-state index contributed by atoms with van der Waals surface area (Å²) in [6.45, 7) is 6.90. The van der Waals surface area contributed by atoms with Gasteiger partial charge in [-0.2, -0.15) is 0 Å². The number of carbonyl (C=O) groups excluding carboxylic acids is 2. The van der Waals surface area contributed by atoms with Crippen molar-refractivity contribution < 1.29 is 9.59 Å². The molecule has 1 aromatic heterocycles. The average Bonchev–Trinajstić information content (AvgIpc) is 3.12. The van der Waals surface area contributed by atoms with Gasteiger partial charge in [-0.3, -0.25) is 9.59 Å². The van der Waals surface area contributed by atoms with Crippen LogP contribution in [0.3, 0.4) is 0 Å². The van der Waals surface area contributed by atoms with Gasteiger partial charge in [-0.25, -0.2) is 0 Å². The molecule has 0 aliphatic rings. The Kier molecular flexibility index (Phi) is 7.04. The van der Waals surface area contributed by atoms with Crippen LogP contribution in [0.15, 0.2) is 71.6 Å². The van der Waals surface area contributed by atoms with Crippen molar-refractivity contribution in [2.75, 3.05) is 10.6 Å². The first kappa shape index (κ1) is 22.9. The van der Waals surface area contributed by atoms with E-state index in [-0.39, 0.29) is 17.1 Å². The molecule has 4 aromatic rings. The third kappa shape index (κ3) is 5.06. The van der Waals surface area contributed by atoms with Gasteiger partial charge in [-0.1, -0.05) is 31.2 Å². The molecule has 1 unspecified atom stereocenters. The van der Waals surface area contributed by atoms with Crippen LogP contribution in [0.5, 0.6) is 0 Å². The molecule has 0 saturated carbocycles. The van der Waals surface area contributed by atoms with Crippen molar-refractivity contribution in [2.45, 2.75) is 50.3 Å². The standard InChI is InChI=1S/C27H29N3O2S/c1-4-9-26(31)28-19-10-8-11-21(16-19)33-18(3)27(32)29-20-14-15-25-23(17-20)22-12-6-7-13-24(22)30(25)5-2/h6-8,10-18H,4-5,9H2,1-3H3,(H,28,31)(H,29,32). The zero-order chi connectivity index (χ0) is 23.4. The Hall–Kier alpha value is -3.25. The van der Waals surface area contributed by atoms with E-state index in [1.807, 2.05) is 50.2 Å². The van der Waals surface area contributed by atoms with Crippen molar-refractivity contribution in [3.8, 4) is 0 Å². The number of anilines is 2. The van der Waals surface area contributed by atoms with Gasteiger partial charge >= 0.3 is 0 Å². The number of aryl methyl sites for hydroxylation is 1. The third-order valence-electron chi connectivity index (χ3n) is 5.63. The van der Waals surface area contributed by atoms with E-state index in [2.05, 4.69) is 52.5 Å². The molecule has 0 aliphatic carbocycles. The molecule has 0 fully saturated rings. The van der Waals surface area contributed by atoms with E-state index in [9.17, 15) is 9.59 Å². The predicted octanol–water partition coefficient (Wildman–Crippen LogP) is 6.67. The summed E-state index contributed by atoms with van der Waals surface area (Å²) >= 11 is 1.47. The normalized spacial score (nSPS) is 12.1. The quantitative estimate of drug-likeness (QED) is 0.289. The Morgan fingerprint density at radius 1 is 0.879 bits per heavy atom. The summed E-state index contributed by atoms with van der Waals surface area (Å²) in [5.74, 6) is -0.0516. The fourth-order valence-corrected chi connectivity index (χ4v) is 5.00. The predicted molar refractivity (Wildman–Crippen MR) is 139 cm³/mol. The van der Waals surface area contributed by atoms with Gasteiger partial charge in [0.25, 0.3) is 0 Å². The molecule has 3 aromatic carbocycles. The molecule has 33 heavy (non-hydrogen) atoms. The van der Waals surface area contributed by atoms with E-state index in [1.54, 1.807) is 0 Å². The van der Waals surface area contributed by atoms with Crippen LogP contribution in [0.4, 0.5) is 11.4 Å². The number of thioether (sulfide) groups is 1. The fraction of sp³-hybridized carbons (Fsp3) is 0.259. The van der Waals surface area contributed by atoms with E-state index >= 15 is 0 Å². The van der Waals surface area contributed by atoms with Gasteiger partial charge < -0.3 is 15.2 Å². The van der Waals surface area contributed by atoms with Crippen molar-refractivity contribution in [1.82, 2.24) is 4.57 Å². The number of hydrogen-bond donors (Lipinski definition) is 2. The van der Waals surface area contributed by atoms with E-state index in [4.69, 9.17) is 0 Å². The number of aromatic nitrogens is 1. The first-order chi connectivity index (χ1) is 16.0. The lowest BCUT2D eigenvalue weighted by Gasteiger charge is -2.13. The van der Waals surface area contributed by atoms with Crippen LogP contribution in [0.2, 0.25) is 0 Å². The van der Waals surface area contributed by atoms with Gasteiger partial charge in [0.05, 0.1) is 5.25 Å². The molecular formula is C27H29N3O2S. The number of nitrogens with one attached hydrogen (secondary N) is 2. The van der Waals surface area contributed by atoms with Crippen molar-refractivity contribution in [1.29, 1.82) is 0 Å². The van der Waals surface area contributed by atoms with Crippen LogP contribution in [0.1, 0.15) is 33.6 Å². The van der Waals surface area contributed by atoms with Gasteiger partial charge in [0.1, 0.15) is 0 Å². The number of carbonyl (C=O) groups is 2. The van der Waals surface area contributed by atoms with Gasteiger partial charge in [0.15, 0.2) is 0 Å². The van der Waals surface area contributed by atoms with E-state index in [0.717, 1.165) is 34.6 Å². The van der Waals surface area contributed by atoms with Crippen molar-refractivity contribution >= 4 is 56.8 Å². The summed E-state index contributed by atoms with van der Waals surface area (Å²) in [5.41, 5.74) is 3.91. The van der Waals surface area contributed by atoms with Gasteiger partial charge in [0, 0.05) is 51.0 Å². The summed E-state index contributed by atoms with van der Waals surface area (Å²) in [6.07, 6.45) is 1.31. The van der Waals surface area contributed by atoms with Crippen molar-refractivity contribution in [3.05, 3.63) is 66.7 Å². The highest BCUT2D eigenvalue weighted by Gasteiger charge is 2.16. The zero-order valence-electron chi connectivity index (χ0n) is 19.2. The van der Waals surface area contributed by atoms with E-state index in [1.165, 1.54) is 28.2 Å². The highest BCUT2D eigenvalue weighted by molar-refractivity contribution is 8.00. The second kappa shape index (κ2) is 10.1. The van der Waals surface area contributed by atoms with Crippen molar-refractivity contribution in [2.24, 2.45) is 0 Å². The Bertz CT molecular complexity index is 1310. The van der Waals surface area contributed by atoms with Crippen molar-refractivity contribution in [3.63, 3.8) is 0 Å². The molecule has 0 bridgehead atoms. The van der Waals surface area contributed by atoms with Gasteiger partial charge in [-0.15, -0.1) is 11.8 Å². The molecule has 170 valence electrons. The Morgan fingerprint density at radius 3 is 2.42 bits per heavy atom. The number of hydrogen-bond acceptors (Lipinski definition) is 3. The van der Waals surface area contributed by atoms with E-state index in [0.29, 0.717) is 6.42 Å². The monoisotopic (exact) mass is 459 g/mol. The van der Waals surface area contributed by atoms with Crippen LogP contribution in [-0.2, 0) is 16.1 Å². The average molecular weight is 460 g/mol. The van der Waals surface area contributed by atoms with Crippen LogP contribution >= 0.6 is 11.8 Å². The summed E-state index contributed by atoms with van der Waals surface area (Å²) in [5, 5.41) is 8.02. The van der Waals surface area contributed by atoms with E-state index < -0.39 is 0 Å². The molecule has 0 aliphatic heterocycles. The maximum absolute atomic E-state index is 12.9. The Labute approximate surface area is 198 Å². The minimum Gasteiger partial charge on any atom is -0.341 e. The SMILES string of the molecule is CCCC(=O)Nc1cccc(SC(C)C(=O)Nc2ccc3c(c2)c2ccccc2n3CC)c1. The number of nitrogens with zero attached hydrogens (tertiary/aromatic N) is 1. The minimum absolute atomic E-state index is 0.00487. The van der Waals surface area contributed by atoms with Gasteiger partial charge in [0.2, 0.25) is 11.8 Å². The number of fused-ring (bicyclic) bond motifs is 3. The molecule has 2 N–H and O–H groups in total. The van der Waals surface area contributed by atoms with Crippen LogP contribution in [0.25, 0.3) is 21.8 Å². The second-order valence-corrected chi connectivity index (χ2v) is 9.48.